The highest BCUT2D eigenvalue weighted by atomic mass is 35.5. The van der Waals surface area contributed by atoms with Crippen LogP contribution in [0.4, 0.5) is 11.4 Å². The Morgan fingerprint density at radius 1 is 1.07 bits per heavy atom. The van der Waals surface area contributed by atoms with Crippen molar-refractivity contribution in [2.24, 2.45) is 0 Å². The number of fused-ring (bicyclic) bond motifs is 1. The first-order valence-electron chi connectivity index (χ1n) is 10.1. The van der Waals surface area contributed by atoms with E-state index in [9.17, 15) is 9.90 Å². The summed E-state index contributed by atoms with van der Waals surface area (Å²) in [5.74, 6) is 0.0763. The quantitative estimate of drug-likeness (QED) is 0.791. The summed E-state index contributed by atoms with van der Waals surface area (Å²) >= 11 is 5.97. The fourth-order valence-corrected chi connectivity index (χ4v) is 4.02. The molecule has 0 saturated carbocycles. The zero-order chi connectivity index (χ0) is 20.2. The molecule has 1 atom stereocenters. The molecule has 2 heterocycles. The minimum absolute atomic E-state index is 0.0763. The highest BCUT2D eigenvalue weighted by molar-refractivity contribution is 6.30. The predicted octanol–water partition coefficient (Wildman–Crippen LogP) is 3.42. The number of β-amino-alcohol motifs (C(OH)–C–C–N with tert-alkyl or cyclic N) is 1. The van der Waals surface area contributed by atoms with Crippen molar-refractivity contribution in [3.05, 3.63) is 64.7 Å². The van der Waals surface area contributed by atoms with Crippen LogP contribution in [0.2, 0.25) is 5.02 Å². The molecular weight excluding hydrogens is 386 g/mol. The number of piperazine rings is 1. The SMILES string of the molecule is O=C1CCc2cc(C=C[C@H](O)CN3CCN(c4ccc(Cl)cc4)CC3)ccc2N1. The molecule has 1 amide bonds. The summed E-state index contributed by atoms with van der Waals surface area (Å²) in [6.07, 6.45) is 4.61. The zero-order valence-electron chi connectivity index (χ0n) is 16.4. The van der Waals surface area contributed by atoms with E-state index in [-0.39, 0.29) is 5.91 Å². The molecule has 0 aliphatic carbocycles. The Labute approximate surface area is 176 Å². The number of rotatable bonds is 5. The molecule has 2 N–H and O–H groups in total. The van der Waals surface area contributed by atoms with Crippen LogP contribution in [0.15, 0.2) is 48.5 Å². The van der Waals surface area contributed by atoms with Gasteiger partial charge in [0.25, 0.3) is 0 Å². The highest BCUT2D eigenvalue weighted by Crippen LogP contribution is 2.24. The molecule has 2 aliphatic heterocycles. The van der Waals surface area contributed by atoms with Crippen LogP contribution in [0.5, 0.6) is 0 Å². The van der Waals surface area contributed by atoms with Gasteiger partial charge in [-0.25, -0.2) is 0 Å². The Kier molecular flexibility index (Phi) is 6.19. The van der Waals surface area contributed by atoms with E-state index in [0.717, 1.165) is 54.4 Å². The van der Waals surface area contributed by atoms with Gasteiger partial charge in [0.2, 0.25) is 5.91 Å². The average molecular weight is 412 g/mol. The Morgan fingerprint density at radius 2 is 1.83 bits per heavy atom. The van der Waals surface area contributed by atoms with Crippen LogP contribution in [0.25, 0.3) is 6.08 Å². The highest BCUT2D eigenvalue weighted by Gasteiger charge is 2.19. The first-order valence-corrected chi connectivity index (χ1v) is 10.5. The van der Waals surface area contributed by atoms with Gasteiger partial charge in [-0.1, -0.05) is 29.8 Å². The van der Waals surface area contributed by atoms with Crippen molar-refractivity contribution in [2.75, 3.05) is 42.9 Å². The van der Waals surface area contributed by atoms with Gasteiger partial charge in [0, 0.05) is 55.5 Å². The molecule has 0 bridgehead atoms. The van der Waals surface area contributed by atoms with Crippen molar-refractivity contribution in [1.29, 1.82) is 0 Å². The Bertz CT molecular complexity index is 889. The fourth-order valence-electron chi connectivity index (χ4n) is 3.90. The number of aliphatic hydroxyl groups is 1. The van der Waals surface area contributed by atoms with E-state index in [1.807, 2.05) is 36.4 Å². The zero-order valence-corrected chi connectivity index (χ0v) is 17.1. The van der Waals surface area contributed by atoms with Gasteiger partial charge in [0.15, 0.2) is 0 Å². The topological polar surface area (TPSA) is 55.8 Å². The smallest absolute Gasteiger partial charge is 0.224 e. The maximum atomic E-state index is 11.5. The van der Waals surface area contributed by atoms with Crippen LogP contribution < -0.4 is 10.2 Å². The number of benzene rings is 2. The number of carbonyl (C=O) groups excluding carboxylic acids is 1. The molecule has 0 aromatic heterocycles. The van der Waals surface area contributed by atoms with Gasteiger partial charge in [-0.05, 0) is 53.9 Å². The summed E-state index contributed by atoms with van der Waals surface area (Å²) in [6, 6.07) is 14.0. The third-order valence-corrected chi connectivity index (χ3v) is 5.80. The van der Waals surface area contributed by atoms with Gasteiger partial charge in [0.05, 0.1) is 6.10 Å². The molecule has 0 unspecified atom stereocenters. The molecule has 2 aliphatic rings. The largest absolute Gasteiger partial charge is 0.388 e. The Balaban J connectivity index is 1.27. The molecule has 29 heavy (non-hydrogen) atoms. The van der Waals surface area contributed by atoms with E-state index in [0.29, 0.717) is 13.0 Å². The van der Waals surface area contributed by atoms with Gasteiger partial charge in [-0.2, -0.15) is 0 Å². The molecule has 0 spiro atoms. The van der Waals surface area contributed by atoms with E-state index in [4.69, 9.17) is 11.6 Å². The third kappa shape index (κ3) is 5.18. The molecule has 0 radical (unpaired) electrons. The number of hydrogen-bond donors (Lipinski definition) is 2. The first-order chi connectivity index (χ1) is 14.1. The molecule has 5 nitrogen and oxygen atoms in total. The monoisotopic (exact) mass is 411 g/mol. The van der Waals surface area contributed by atoms with Crippen LogP contribution in [-0.2, 0) is 11.2 Å². The molecule has 6 heteroatoms. The van der Waals surface area contributed by atoms with Gasteiger partial charge in [-0.15, -0.1) is 0 Å². The minimum Gasteiger partial charge on any atom is -0.388 e. The van der Waals surface area contributed by atoms with Gasteiger partial charge >= 0.3 is 0 Å². The number of nitrogens with zero attached hydrogens (tertiary/aromatic N) is 2. The summed E-state index contributed by atoms with van der Waals surface area (Å²) in [7, 11) is 0. The second-order valence-corrected chi connectivity index (χ2v) is 8.09. The molecule has 2 aromatic rings. The number of halogens is 1. The van der Waals surface area contributed by atoms with Gasteiger partial charge in [0.1, 0.15) is 0 Å². The van der Waals surface area contributed by atoms with Crippen LogP contribution in [0, 0.1) is 0 Å². The van der Waals surface area contributed by atoms with Crippen molar-refractivity contribution in [3.8, 4) is 0 Å². The van der Waals surface area contributed by atoms with Gasteiger partial charge < -0.3 is 15.3 Å². The summed E-state index contributed by atoms with van der Waals surface area (Å²) in [6.45, 7) is 4.35. The maximum Gasteiger partial charge on any atom is 0.224 e. The van der Waals surface area contributed by atoms with Crippen molar-refractivity contribution < 1.29 is 9.90 Å². The molecule has 2 aromatic carbocycles. The summed E-state index contributed by atoms with van der Waals surface area (Å²) in [4.78, 5) is 16.1. The fraction of sp³-hybridized carbons (Fsp3) is 0.348. The maximum absolute atomic E-state index is 11.5. The second kappa shape index (κ2) is 8.99. The van der Waals surface area contributed by atoms with Crippen molar-refractivity contribution in [1.82, 2.24) is 4.90 Å². The summed E-state index contributed by atoms with van der Waals surface area (Å²) in [5, 5.41) is 14.1. The van der Waals surface area contributed by atoms with E-state index in [1.54, 1.807) is 0 Å². The predicted molar refractivity (Wildman–Crippen MR) is 119 cm³/mol. The standard InChI is InChI=1S/C23H26ClN3O2/c24-19-4-6-20(7-5-19)27-13-11-26(12-14-27)16-21(28)8-1-17-2-9-22-18(15-17)3-10-23(29)25-22/h1-2,4-9,15,21,28H,3,10-14,16H2,(H,25,29)/t21-/m0/s1. The Hall–Kier alpha value is -2.34. The van der Waals surface area contributed by atoms with Crippen molar-refractivity contribution >= 4 is 35.0 Å². The van der Waals surface area contributed by atoms with E-state index in [2.05, 4.69) is 33.3 Å². The van der Waals surface area contributed by atoms with E-state index >= 15 is 0 Å². The Morgan fingerprint density at radius 3 is 2.59 bits per heavy atom. The van der Waals surface area contributed by atoms with Gasteiger partial charge in [-0.3, -0.25) is 9.69 Å². The lowest BCUT2D eigenvalue weighted by Crippen LogP contribution is -2.48. The molecule has 152 valence electrons. The average Bonchev–Trinajstić information content (AvgIpc) is 2.73. The van der Waals surface area contributed by atoms with Crippen molar-refractivity contribution in [3.63, 3.8) is 0 Å². The summed E-state index contributed by atoms with van der Waals surface area (Å²) in [5.41, 5.74) is 4.29. The van der Waals surface area contributed by atoms with Crippen molar-refractivity contribution in [2.45, 2.75) is 18.9 Å². The van der Waals surface area contributed by atoms with Crippen LogP contribution >= 0.6 is 11.6 Å². The first kappa shape index (κ1) is 20.0. The lowest BCUT2D eigenvalue weighted by molar-refractivity contribution is -0.116. The number of amides is 1. The molecule has 1 saturated heterocycles. The van der Waals surface area contributed by atoms with Crippen LogP contribution in [0.1, 0.15) is 17.5 Å². The number of nitrogens with one attached hydrogen (secondary N) is 1. The molecule has 1 fully saturated rings. The van der Waals surface area contributed by atoms with E-state index in [1.165, 1.54) is 5.69 Å². The van der Waals surface area contributed by atoms with E-state index < -0.39 is 6.10 Å². The van der Waals surface area contributed by atoms with Crippen LogP contribution in [0.3, 0.4) is 0 Å². The lowest BCUT2D eigenvalue weighted by Gasteiger charge is -2.36. The van der Waals surface area contributed by atoms with Crippen LogP contribution in [-0.4, -0.2) is 54.7 Å². The third-order valence-electron chi connectivity index (χ3n) is 5.54. The second-order valence-electron chi connectivity index (χ2n) is 7.66. The number of carbonyl (C=O) groups is 1. The number of aryl methyl sites for hydroxylation is 1. The molecule has 4 rings (SSSR count). The summed E-state index contributed by atoms with van der Waals surface area (Å²) < 4.78 is 0. The number of anilines is 2. The molecular formula is C23H26ClN3O2. The normalized spacial score (nSPS) is 18.6. The minimum atomic E-state index is -0.507. The number of aliphatic hydroxyl groups excluding tert-OH is 1. The lowest BCUT2D eigenvalue weighted by atomic mass is 10.00. The number of hydrogen-bond acceptors (Lipinski definition) is 4.